The van der Waals surface area contributed by atoms with Gasteiger partial charge in [-0.1, -0.05) is 25.4 Å². The second-order valence-corrected chi connectivity index (χ2v) is 5.05. The largest absolute Gasteiger partial charge is 0.398 e. The molecule has 18 heavy (non-hydrogen) atoms. The Balaban J connectivity index is 2.27. The second-order valence-electron chi connectivity index (χ2n) is 4.64. The Bertz CT molecular complexity index is 535. The molecular weight excluding hydrogens is 250 g/mol. The quantitative estimate of drug-likeness (QED) is 0.863. The van der Waals surface area contributed by atoms with Crippen LogP contribution in [0.15, 0.2) is 18.2 Å². The maximum absolute atomic E-state index is 5.90. The van der Waals surface area contributed by atoms with Gasteiger partial charge in [-0.15, -0.1) is 5.10 Å². The van der Waals surface area contributed by atoms with Crippen LogP contribution in [0.25, 0.3) is 11.4 Å². The maximum Gasteiger partial charge on any atom is 0.182 e. The Morgan fingerprint density at radius 1 is 1.39 bits per heavy atom. The van der Waals surface area contributed by atoms with Crippen LogP contribution in [0.1, 0.15) is 20.3 Å². The molecular formula is C12H16ClN5. The standard InChI is InChI=1S/C12H16ClN5/c1-8(2)5-6-18-12(15-16-17-18)9-3-4-10(13)11(14)7-9/h3-4,7-8H,5-6,14H2,1-2H3. The Morgan fingerprint density at radius 3 is 2.83 bits per heavy atom. The van der Waals surface area contributed by atoms with Gasteiger partial charge in [0.05, 0.1) is 10.7 Å². The molecule has 96 valence electrons. The molecule has 6 heteroatoms. The van der Waals surface area contributed by atoms with E-state index in [2.05, 4.69) is 29.4 Å². The zero-order chi connectivity index (χ0) is 13.1. The van der Waals surface area contributed by atoms with E-state index >= 15 is 0 Å². The van der Waals surface area contributed by atoms with Crippen molar-refractivity contribution >= 4 is 17.3 Å². The van der Waals surface area contributed by atoms with Crippen LogP contribution in [0.3, 0.4) is 0 Å². The molecule has 2 aromatic rings. The van der Waals surface area contributed by atoms with E-state index in [4.69, 9.17) is 17.3 Å². The third-order valence-corrected chi connectivity index (χ3v) is 3.05. The lowest BCUT2D eigenvalue weighted by atomic mass is 10.1. The number of nitrogens with zero attached hydrogens (tertiary/aromatic N) is 4. The Hall–Kier alpha value is -1.62. The van der Waals surface area contributed by atoms with Gasteiger partial charge < -0.3 is 5.73 Å². The van der Waals surface area contributed by atoms with E-state index in [1.165, 1.54) is 0 Å². The average Bonchev–Trinajstić information content (AvgIpc) is 2.78. The molecule has 1 aromatic heterocycles. The molecule has 5 nitrogen and oxygen atoms in total. The van der Waals surface area contributed by atoms with E-state index in [1.54, 1.807) is 16.8 Å². The summed E-state index contributed by atoms with van der Waals surface area (Å²) in [6.07, 6.45) is 1.03. The van der Waals surface area contributed by atoms with Crippen molar-refractivity contribution < 1.29 is 0 Å². The number of aryl methyl sites for hydroxylation is 1. The van der Waals surface area contributed by atoms with Crippen LogP contribution in [0, 0.1) is 5.92 Å². The number of nitrogen functional groups attached to an aromatic ring is 1. The maximum atomic E-state index is 5.90. The molecule has 0 unspecified atom stereocenters. The SMILES string of the molecule is CC(C)CCn1nnnc1-c1ccc(Cl)c(N)c1. The lowest BCUT2D eigenvalue weighted by molar-refractivity contribution is 0.481. The predicted molar refractivity (Wildman–Crippen MR) is 72.1 cm³/mol. The van der Waals surface area contributed by atoms with Crippen molar-refractivity contribution in [1.82, 2.24) is 20.2 Å². The third kappa shape index (κ3) is 2.79. The molecule has 1 aromatic carbocycles. The zero-order valence-electron chi connectivity index (χ0n) is 10.5. The number of hydrogen-bond acceptors (Lipinski definition) is 4. The highest BCUT2D eigenvalue weighted by atomic mass is 35.5. The Kier molecular flexibility index (Phi) is 3.81. The summed E-state index contributed by atoms with van der Waals surface area (Å²) in [6, 6.07) is 5.42. The van der Waals surface area contributed by atoms with Crippen LogP contribution in [-0.4, -0.2) is 20.2 Å². The molecule has 0 saturated carbocycles. The van der Waals surface area contributed by atoms with Crippen molar-refractivity contribution in [2.45, 2.75) is 26.8 Å². The summed E-state index contributed by atoms with van der Waals surface area (Å²) in [4.78, 5) is 0. The summed E-state index contributed by atoms with van der Waals surface area (Å²) >= 11 is 5.90. The summed E-state index contributed by atoms with van der Waals surface area (Å²) in [5.74, 6) is 1.33. The highest BCUT2D eigenvalue weighted by Crippen LogP contribution is 2.25. The lowest BCUT2D eigenvalue weighted by Crippen LogP contribution is -2.05. The van der Waals surface area contributed by atoms with Crippen molar-refractivity contribution in [2.75, 3.05) is 5.73 Å². The molecule has 0 bridgehead atoms. The fraction of sp³-hybridized carbons (Fsp3) is 0.417. The van der Waals surface area contributed by atoms with Crippen LogP contribution in [0.4, 0.5) is 5.69 Å². The molecule has 0 saturated heterocycles. The minimum atomic E-state index is 0.535. The smallest absolute Gasteiger partial charge is 0.182 e. The highest BCUT2D eigenvalue weighted by molar-refractivity contribution is 6.33. The number of tetrazole rings is 1. The number of hydrogen-bond donors (Lipinski definition) is 1. The zero-order valence-corrected chi connectivity index (χ0v) is 11.2. The molecule has 1 heterocycles. The van der Waals surface area contributed by atoms with Gasteiger partial charge in [0.15, 0.2) is 5.82 Å². The van der Waals surface area contributed by atoms with Crippen molar-refractivity contribution in [3.8, 4) is 11.4 Å². The number of benzene rings is 1. The van der Waals surface area contributed by atoms with Crippen molar-refractivity contribution in [2.24, 2.45) is 5.92 Å². The van der Waals surface area contributed by atoms with Gasteiger partial charge in [-0.25, -0.2) is 4.68 Å². The van der Waals surface area contributed by atoms with Crippen LogP contribution in [0.5, 0.6) is 0 Å². The van der Waals surface area contributed by atoms with Crippen LogP contribution >= 0.6 is 11.6 Å². The fourth-order valence-corrected chi connectivity index (χ4v) is 1.74. The predicted octanol–water partition coefficient (Wildman–Crippen LogP) is 2.62. The van der Waals surface area contributed by atoms with Gasteiger partial charge in [0, 0.05) is 12.1 Å². The van der Waals surface area contributed by atoms with Crippen LogP contribution in [-0.2, 0) is 6.54 Å². The molecule has 0 spiro atoms. The number of nitrogens with two attached hydrogens (primary N) is 1. The van der Waals surface area contributed by atoms with E-state index in [0.29, 0.717) is 16.6 Å². The molecule has 0 aliphatic carbocycles. The van der Waals surface area contributed by atoms with E-state index in [9.17, 15) is 0 Å². The molecule has 0 amide bonds. The molecule has 0 fully saturated rings. The summed E-state index contributed by atoms with van der Waals surface area (Å²) in [5, 5.41) is 12.3. The van der Waals surface area contributed by atoms with Crippen molar-refractivity contribution in [3.63, 3.8) is 0 Å². The first kappa shape index (κ1) is 12.8. The molecule has 2 N–H and O–H groups in total. The third-order valence-electron chi connectivity index (χ3n) is 2.70. The van der Waals surface area contributed by atoms with E-state index in [0.717, 1.165) is 24.4 Å². The summed E-state index contributed by atoms with van der Waals surface area (Å²) < 4.78 is 1.79. The van der Waals surface area contributed by atoms with Gasteiger partial charge in [0.2, 0.25) is 0 Å². The van der Waals surface area contributed by atoms with E-state index in [-0.39, 0.29) is 0 Å². The van der Waals surface area contributed by atoms with Gasteiger partial charge in [-0.05, 0) is 41.0 Å². The van der Waals surface area contributed by atoms with Gasteiger partial charge in [-0.3, -0.25) is 0 Å². The van der Waals surface area contributed by atoms with Gasteiger partial charge >= 0.3 is 0 Å². The first-order valence-corrected chi connectivity index (χ1v) is 6.27. The second kappa shape index (κ2) is 5.35. The van der Waals surface area contributed by atoms with Gasteiger partial charge in [0.1, 0.15) is 0 Å². The first-order valence-electron chi connectivity index (χ1n) is 5.89. The molecule has 0 aliphatic heterocycles. The van der Waals surface area contributed by atoms with E-state index < -0.39 is 0 Å². The summed E-state index contributed by atoms with van der Waals surface area (Å²) in [5.41, 5.74) is 7.20. The monoisotopic (exact) mass is 265 g/mol. The first-order chi connectivity index (χ1) is 8.58. The minimum absolute atomic E-state index is 0.535. The van der Waals surface area contributed by atoms with Crippen LogP contribution in [0.2, 0.25) is 5.02 Å². The molecule has 2 rings (SSSR count). The van der Waals surface area contributed by atoms with Gasteiger partial charge in [0.25, 0.3) is 0 Å². The number of aromatic nitrogens is 4. The summed E-state index contributed by atoms with van der Waals surface area (Å²) in [7, 11) is 0. The lowest BCUT2D eigenvalue weighted by Gasteiger charge is -2.07. The number of halogens is 1. The Labute approximate surface area is 111 Å². The average molecular weight is 266 g/mol. The Morgan fingerprint density at radius 2 is 2.17 bits per heavy atom. The van der Waals surface area contributed by atoms with Crippen molar-refractivity contribution in [1.29, 1.82) is 0 Å². The number of rotatable bonds is 4. The molecule has 0 radical (unpaired) electrons. The normalized spacial score (nSPS) is 11.1. The summed E-state index contributed by atoms with van der Waals surface area (Å²) in [6.45, 7) is 5.14. The van der Waals surface area contributed by atoms with Gasteiger partial charge in [-0.2, -0.15) is 0 Å². The van der Waals surface area contributed by atoms with Crippen molar-refractivity contribution in [3.05, 3.63) is 23.2 Å². The number of anilines is 1. The topological polar surface area (TPSA) is 69.6 Å². The molecule has 0 atom stereocenters. The molecule has 0 aliphatic rings. The highest BCUT2D eigenvalue weighted by Gasteiger charge is 2.10. The van der Waals surface area contributed by atoms with Crippen LogP contribution < -0.4 is 5.73 Å². The fourth-order valence-electron chi connectivity index (χ4n) is 1.63. The van der Waals surface area contributed by atoms with E-state index in [1.807, 2.05) is 6.07 Å². The minimum Gasteiger partial charge on any atom is -0.398 e.